The van der Waals surface area contributed by atoms with Crippen LogP contribution in [0.15, 0.2) is 61.2 Å². The third kappa shape index (κ3) is 7.11. The molecule has 0 fully saturated rings. The molecule has 0 amide bonds. The standard InChI is InChI=1S/C10H10ClN3O3S.C9H8ClN3O/c1-18(15,16)17-6-10-12-7-14(13-10)9-4-2-3-8(11)5-9;10-7-2-1-3-8(4-7)13-6-11-9(5-14)12-13/h2-5,7H,6H2,1H3;1-4,6,14H,5H2. The highest BCUT2D eigenvalue weighted by molar-refractivity contribution is 7.85. The summed E-state index contributed by atoms with van der Waals surface area (Å²) in [6, 6.07) is 14.3. The van der Waals surface area contributed by atoms with Gasteiger partial charge < -0.3 is 5.11 Å². The van der Waals surface area contributed by atoms with Crippen LogP contribution in [-0.2, 0) is 27.5 Å². The Morgan fingerprint density at radius 3 is 1.84 bits per heavy atom. The summed E-state index contributed by atoms with van der Waals surface area (Å²) in [6.07, 6.45) is 3.98. The minimum Gasteiger partial charge on any atom is -0.388 e. The molecule has 0 spiro atoms. The van der Waals surface area contributed by atoms with Crippen molar-refractivity contribution in [2.45, 2.75) is 13.2 Å². The van der Waals surface area contributed by atoms with Gasteiger partial charge in [0.1, 0.15) is 25.9 Å². The van der Waals surface area contributed by atoms with Gasteiger partial charge in [0, 0.05) is 10.0 Å². The number of hydrogen-bond donors (Lipinski definition) is 1. The quantitative estimate of drug-likeness (QED) is 0.403. The van der Waals surface area contributed by atoms with E-state index in [9.17, 15) is 8.42 Å². The molecule has 4 rings (SSSR count). The Labute approximate surface area is 194 Å². The molecule has 0 unspecified atom stereocenters. The van der Waals surface area contributed by atoms with Crippen LogP contribution in [0.1, 0.15) is 11.6 Å². The van der Waals surface area contributed by atoms with Gasteiger partial charge in [-0.3, -0.25) is 4.18 Å². The number of benzene rings is 2. The molecular formula is C19H18Cl2N6O4S. The maximum atomic E-state index is 10.8. The van der Waals surface area contributed by atoms with Crippen LogP contribution in [0.3, 0.4) is 0 Å². The van der Waals surface area contributed by atoms with Crippen LogP contribution in [0.2, 0.25) is 10.0 Å². The highest BCUT2D eigenvalue weighted by atomic mass is 35.5. The van der Waals surface area contributed by atoms with Crippen LogP contribution in [0.4, 0.5) is 0 Å². The fraction of sp³-hybridized carbons (Fsp3) is 0.158. The third-order valence-electron chi connectivity index (χ3n) is 3.77. The van der Waals surface area contributed by atoms with E-state index in [1.807, 2.05) is 18.2 Å². The number of halogens is 2. The topological polar surface area (TPSA) is 125 Å². The maximum absolute atomic E-state index is 10.8. The summed E-state index contributed by atoms with van der Waals surface area (Å²) in [6.45, 7) is -0.347. The van der Waals surface area contributed by atoms with E-state index in [0.717, 1.165) is 17.6 Å². The fourth-order valence-corrected chi connectivity index (χ4v) is 3.07. The summed E-state index contributed by atoms with van der Waals surface area (Å²) in [7, 11) is -3.49. The summed E-state index contributed by atoms with van der Waals surface area (Å²) in [4.78, 5) is 7.84. The second kappa shape index (κ2) is 10.7. The number of hydrogen-bond acceptors (Lipinski definition) is 8. The zero-order valence-corrected chi connectivity index (χ0v) is 19.0. The Morgan fingerprint density at radius 1 is 0.906 bits per heavy atom. The van der Waals surface area contributed by atoms with E-state index >= 15 is 0 Å². The molecule has 2 heterocycles. The van der Waals surface area contributed by atoms with Gasteiger partial charge in [0.25, 0.3) is 10.1 Å². The van der Waals surface area contributed by atoms with Crippen LogP contribution < -0.4 is 0 Å². The molecule has 32 heavy (non-hydrogen) atoms. The van der Waals surface area contributed by atoms with Crippen molar-refractivity contribution >= 4 is 33.3 Å². The molecule has 4 aromatic rings. The first-order valence-corrected chi connectivity index (χ1v) is 11.6. The lowest BCUT2D eigenvalue weighted by Gasteiger charge is -2.00. The summed E-state index contributed by atoms with van der Waals surface area (Å²) in [5, 5.41) is 18.1. The summed E-state index contributed by atoms with van der Waals surface area (Å²) in [5.41, 5.74) is 1.56. The Balaban J connectivity index is 0.000000186. The highest BCUT2D eigenvalue weighted by Gasteiger charge is 2.07. The van der Waals surface area contributed by atoms with E-state index in [1.54, 1.807) is 35.0 Å². The van der Waals surface area contributed by atoms with Gasteiger partial charge in [-0.2, -0.15) is 8.42 Å². The van der Waals surface area contributed by atoms with Crippen molar-refractivity contribution < 1.29 is 17.7 Å². The highest BCUT2D eigenvalue weighted by Crippen LogP contribution is 2.14. The SMILES string of the molecule is CS(=O)(=O)OCc1ncn(-c2cccc(Cl)c2)n1.OCc1ncn(-c2cccc(Cl)c2)n1. The molecule has 0 saturated carbocycles. The van der Waals surface area contributed by atoms with E-state index in [2.05, 4.69) is 24.3 Å². The average molecular weight is 497 g/mol. The lowest BCUT2D eigenvalue weighted by Crippen LogP contribution is -2.04. The molecule has 10 nitrogen and oxygen atoms in total. The smallest absolute Gasteiger partial charge is 0.264 e. The van der Waals surface area contributed by atoms with Crippen molar-refractivity contribution in [3.8, 4) is 11.4 Å². The molecular weight excluding hydrogens is 479 g/mol. The van der Waals surface area contributed by atoms with Crippen molar-refractivity contribution in [3.05, 3.63) is 82.9 Å². The predicted octanol–water partition coefficient (Wildman–Crippen LogP) is 2.81. The number of aromatic nitrogens is 6. The molecule has 0 radical (unpaired) electrons. The van der Waals surface area contributed by atoms with Gasteiger partial charge in [-0.1, -0.05) is 35.3 Å². The molecule has 0 atom stereocenters. The van der Waals surface area contributed by atoms with Crippen LogP contribution >= 0.6 is 23.2 Å². The van der Waals surface area contributed by atoms with Crippen LogP contribution in [-0.4, -0.2) is 49.3 Å². The normalized spacial score (nSPS) is 11.1. The lowest BCUT2D eigenvalue weighted by molar-refractivity contribution is 0.271. The zero-order chi connectivity index (χ0) is 23.1. The molecule has 13 heteroatoms. The van der Waals surface area contributed by atoms with E-state index < -0.39 is 10.1 Å². The second-order valence-corrected chi connectivity index (χ2v) is 8.81. The largest absolute Gasteiger partial charge is 0.388 e. The first kappa shape index (κ1) is 23.8. The summed E-state index contributed by atoms with van der Waals surface area (Å²) in [5.74, 6) is 0.672. The molecule has 168 valence electrons. The van der Waals surface area contributed by atoms with E-state index in [-0.39, 0.29) is 19.0 Å². The molecule has 0 saturated heterocycles. The van der Waals surface area contributed by atoms with Crippen molar-refractivity contribution in [3.63, 3.8) is 0 Å². The first-order chi connectivity index (χ1) is 15.2. The van der Waals surface area contributed by atoms with Crippen LogP contribution in [0.25, 0.3) is 11.4 Å². The third-order valence-corrected chi connectivity index (χ3v) is 4.78. The van der Waals surface area contributed by atoms with Gasteiger partial charge in [0.05, 0.1) is 17.6 Å². The van der Waals surface area contributed by atoms with Gasteiger partial charge in [-0.15, -0.1) is 10.2 Å². The van der Waals surface area contributed by atoms with E-state index in [0.29, 0.717) is 15.9 Å². The monoisotopic (exact) mass is 496 g/mol. The Kier molecular flexibility index (Phi) is 7.94. The van der Waals surface area contributed by atoms with Gasteiger partial charge in [-0.05, 0) is 36.4 Å². The Hall–Kier alpha value is -2.83. The number of aliphatic hydroxyl groups is 1. The van der Waals surface area contributed by atoms with Crippen molar-refractivity contribution in [1.82, 2.24) is 29.5 Å². The zero-order valence-electron chi connectivity index (χ0n) is 16.7. The molecule has 0 aliphatic carbocycles. The fourth-order valence-electron chi connectivity index (χ4n) is 2.38. The van der Waals surface area contributed by atoms with Crippen LogP contribution in [0.5, 0.6) is 0 Å². The van der Waals surface area contributed by atoms with E-state index in [1.165, 1.54) is 17.3 Å². The lowest BCUT2D eigenvalue weighted by atomic mass is 10.3. The predicted molar refractivity (Wildman–Crippen MR) is 118 cm³/mol. The average Bonchev–Trinajstić information content (AvgIpc) is 3.42. The first-order valence-electron chi connectivity index (χ1n) is 9.02. The van der Waals surface area contributed by atoms with Crippen molar-refractivity contribution in [2.24, 2.45) is 0 Å². The molecule has 2 aromatic heterocycles. The number of aliphatic hydroxyl groups excluding tert-OH is 1. The maximum Gasteiger partial charge on any atom is 0.264 e. The molecule has 0 aliphatic rings. The van der Waals surface area contributed by atoms with Gasteiger partial charge in [0.15, 0.2) is 11.6 Å². The van der Waals surface area contributed by atoms with Gasteiger partial charge in [-0.25, -0.2) is 19.3 Å². The molecule has 0 bridgehead atoms. The molecule has 0 aliphatic heterocycles. The molecule has 2 aromatic carbocycles. The Bertz CT molecular complexity index is 1290. The number of rotatable bonds is 6. The van der Waals surface area contributed by atoms with E-state index in [4.69, 9.17) is 28.3 Å². The minimum absolute atomic E-state index is 0.159. The summed E-state index contributed by atoms with van der Waals surface area (Å²) < 4.78 is 29.3. The van der Waals surface area contributed by atoms with Crippen LogP contribution in [0, 0.1) is 0 Å². The van der Waals surface area contributed by atoms with Gasteiger partial charge in [0.2, 0.25) is 0 Å². The van der Waals surface area contributed by atoms with Crippen molar-refractivity contribution in [2.75, 3.05) is 6.26 Å². The van der Waals surface area contributed by atoms with Gasteiger partial charge >= 0.3 is 0 Å². The Morgan fingerprint density at radius 2 is 1.41 bits per heavy atom. The molecule has 1 N–H and O–H groups in total. The summed E-state index contributed by atoms with van der Waals surface area (Å²) >= 11 is 11.7. The minimum atomic E-state index is -3.49. The number of nitrogens with zero attached hydrogens (tertiary/aromatic N) is 6. The van der Waals surface area contributed by atoms with Crippen molar-refractivity contribution in [1.29, 1.82) is 0 Å². The second-order valence-electron chi connectivity index (χ2n) is 6.29.